The number of carbonyl (C=O) groups is 2. The van der Waals surface area contributed by atoms with E-state index in [1.165, 1.54) is 21.6 Å². The summed E-state index contributed by atoms with van der Waals surface area (Å²) in [5.74, 6) is -1.68. The molecule has 0 fully saturated rings. The van der Waals surface area contributed by atoms with Gasteiger partial charge in [0.25, 0.3) is 0 Å². The Morgan fingerprint density at radius 1 is 1.00 bits per heavy atom. The van der Waals surface area contributed by atoms with Crippen molar-refractivity contribution in [2.45, 2.75) is 12.1 Å². The lowest BCUT2D eigenvalue weighted by Gasteiger charge is -2.07. The number of aliphatic carboxylic acids is 2. The van der Waals surface area contributed by atoms with Gasteiger partial charge in [-0.1, -0.05) is 21.6 Å². The fourth-order valence-electron chi connectivity index (χ4n) is 0.385. The summed E-state index contributed by atoms with van der Waals surface area (Å²) in [5, 5.41) is 16.8. The van der Waals surface area contributed by atoms with E-state index in [1.807, 2.05) is 0 Å². The average Bonchev–Trinajstić information content (AvgIpc) is 2.11. The first-order chi connectivity index (χ1) is 6.45. The Morgan fingerprint density at radius 3 is 1.50 bits per heavy atom. The van der Waals surface area contributed by atoms with Crippen LogP contribution in [-0.4, -0.2) is 45.7 Å². The molecule has 0 aliphatic heterocycles. The Bertz CT molecular complexity index is 192. The third-order valence-corrected chi connectivity index (χ3v) is 3.69. The molecule has 0 radical (unpaired) electrons. The maximum atomic E-state index is 10.3. The van der Waals surface area contributed by atoms with Crippen molar-refractivity contribution in [3.63, 3.8) is 0 Å². The minimum absolute atomic E-state index is 0.229. The monoisotopic (exact) mass is 240 g/mol. The molecular formula is C6H12N2O4S2. The smallest absolute Gasteiger partial charge is 0.321 e. The number of rotatable bonds is 7. The lowest BCUT2D eigenvalue weighted by molar-refractivity contribution is -0.138. The van der Waals surface area contributed by atoms with Crippen molar-refractivity contribution in [2.24, 2.45) is 11.5 Å². The molecule has 0 aliphatic rings. The van der Waals surface area contributed by atoms with Crippen molar-refractivity contribution >= 4 is 33.5 Å². The standard InChI is InChI=1S/C6H12N2O4S2/c7-3(5(9)10)1-13-14-2-4(8)6(11)12/h3-4H,1-2,7-8H2,(H,9,10)(H,11,12)/t3-,4?/m1/s1. The van der Waals surface area contributed by atoms with Crippen LogP contribution in [0, 0.1) is 0 Å². The van der Waals surface area contributed by atoms with Gasteiger partial charge >= 0.3 is 11.9 Å². The highest BCUT2D eigenvalue weighted by molar-refractivity contribution is 8.76. The summed E-state index contributed by atoms with van der Waals surface area (Å²) in [7, 11) is 2.41. The Kier molecular flexibility index (Phi) is 6.71. The summed E-state index contributed by atoms with van der Waals surface area (Å²) in [6, 6.07) is -1.85. The summed E-state index contributed by atoms with van der Waals surface area (Å²) in [6.45, 7) is 0. The molecule has 0 aromatic rings. The number of carboxylic acids is 2. The van der Waals surface area contributed by atoms with Gasteiger partial charge in [-0.25, -0.2) is 0 Å². The minimum atomic E-state index is -1.07. The van der Waals surface area contributed by atoms with Crippen LogP contribution < -0.4 is 11.5 Å². The molecule has 6 N–H and O–H groups in total. The zero-order valence-electron chi connectivity index (χ0n) is 7.25. The Balaban J connectivity index is 3.47. The molecule has 0 aromatic heterocycles. The fraction of sp³-hybridized carbons (Fsp3) is 0.667. The van der Waals surface area contributed by atoms with Crippen molar-refractivity contribution in [1.82, 2.24) is 0 Å². The molecule has 0 aromatic carbocycles. The topological polar surface area (TPSA) is 127 Å². The van der Waals surface area contributed by atoms with Crippen LogP contribution in [0.3, 0.4) is 0 Å². The highest BCUT2D eigenvalue weighted by atomic mass is 33.1. The van der Waals surface area contributed by atoms with E-state index < -0.39 is 24.0 Å². The first-order valence-corrected chi connectivity index (χ1v) is 6.15. The lowest BCUT2D eigenvalue weighted by Crippen LogP contribution is -2.33. The predicted octanol–water partition coefficient (Wildman–Crippen LogP) is -0.808. The van der Waals surface area contributed by atoms with Gasteiger partial charge in [0.2, 0.25) is 0 Å². The molecule has 82 valence electrons. The molecule has 8 heteroatoms. The molecule has 14 heavy (non-hydrogen) atoms. The molecule has 0 rings (SSSR count). The van der Waals surface area contributed by atoms with Crippen LogP contribution in [-0.2, 0) is 9.59 Å². The van der Waals surface area contributed by atoms with E-state index in [-0.39, 0.29) is 11.5 Å². The van der Waals surface area contributed by atoms with E-state index in [0.717, 1.165) is 0 Å². The third-order valence-electron chi connectivity index (χ3n) is 1.21. The Hall–Kier alpha value is -0.440. The summed E-state index contributed by atoms with van der Waals surface area (Å²) in [4.78, 5) is 20.5. The van der Waals surface area contributed by atoms with Crippen molar-refractivity contribution in [3.8, 4) is 0 Å². The van der Waals surface area contributed by atoms with E-state index in [2.05, 4.69) is 0 Å². The second-order valence-electron chi connectivity index (χ2n) is 2.46. The van der Waals surface area contributed by atoms with Gasteiger partial charge in [0, 0.05) is 11.5 Å². The highest BCUT2D eigenvalue weighted by Crippen LogP contribution is 2.22. The van der Waals surface area contributed by atoms with E-state index in [9.17, 15) is 9.59 Å². The summed E-state index contributed by atoms with van der Waals surface area (Å²) >= 11 is 0. The zero-order valence-corrected chi connectivity index (χ0v) is 8.88. The second-order valence-corrected chi connectivity index (χ2v) is 5.01. The van der Waals surface area contributed by atoms with Gasteiger partial charge in [0.1, 0.15) is 12.1 Å². The van der Waals surface area contributed by atoms with E-state index in [1.54, 1.807) is 0 Å². The maximum Gasteiger partial charge on any atom is 0.321 e. The van der Waals surface area contributed by atoms with Crippen molar-refractivity contribution in [2.75, 3.05) is 11.5 Å². The number of hydrogen-bond acceptors (Lipinski definition) is 6. The number of carboxylic acid groups (broad SMARTS) is 2. The van der Waals surface area contributed by atoms with Gasteiger partial charge in [-0.05, 0) is 0 Å². The van der Waals surface area contributed by atoms with Crippen molar-refractivity contribution < 1.29 is 19.8 Å². The molecule has 0 heterocycles. The van der Waals surface area contributed by atoms with Crippen LogP contribution in [0.4, 0.5) is 0 Å². The van der Waals surface area contributed by atoms with Crippen LogP contribution in [0.25, 0.3) is 0 Å². The molecule has 1 unspecified atom stereocenters. The molecule has 0 spiro atoms. The molecule has 2 atom stereocenters. The Labute approximate surface area is 88.8 Å². The maximum absolute atomic E-state index is 10.3. The van der Waals surface area contributed by atoms with Crippen LogP contribution in [0.5, 0.6) is 0 Å². The molecule has 0 aliphatic carbocycles. The summed E-state index contributed by atoms with van der Waals surface area (Å²) in [6.07, 6.45) is 0. The predicted molar refractivity (Wildman–Crippen MR) is 56.1 cm³/mol. The largest absolute Gasteiger partial charge is 0.480 e. The van der Waals surface area contributed by atoms with Crippen LogP contribution in [0.1, 0.15) is 0 Å². The molecule has 0 amide bonds. The molecule has 0 bridgehead atoms. The normalized spacial score (nSPS) is 14.7. The fourth-order valence-corrected chi connectivity index (χ4v) is 2.61. The van der Waals surface area contributed by atoms with Crippen molar-refractivity contribution in [1.29, 1.82) is 0 Å². The second kappa shape index (κ2) is 6.93. The third kappa shape index (κ3) is 6.08. The van der Waals surface area contributed by atoms with Crippen molar-refractivity contribution in [3.05, 3.63) is 0 Å². The van der Waals surface area contributed by atoms with E-state index >= 15 is 0 Å². The first kappa shape index (κ1) is 13.6. The van der Waals surface area contributed by atoms with Gasteiger partial charge in [-0.2, -0.15) is 0 Å². The van der Waals surface area contributed by atoms with E-state index in [4.69, 9.17) is 21.7 Å². The van der Waals surface area contributed by atoms with Crippen LogP contribution in [0.15, 0.2) is 0 Å². The van der Waals surface area contributed by atoms with Gasteiger partial charge in [0.15, 0.2) is 0 Å². The minimum Gasteiger partial charge on any atom is -0.480 e. The van der Waals surface area contributed by atoms with Crippen LogP contribution in [0.2, 0.25) is 0 Å². The highest BCUT2D eigenvalue weighted by Gasteiger charge is 2.14. The Morgan fingerprint density at radius 2 is 1.29 bits per heavy atom. The number of nitrogens with two attached hydrogens (primary N) is 2. The quantitative estimate of drug-likeness (QED) is 0.336. The van der Waals surface area contributed by atoms with Gasteiger partial charge in [-0.3, -0.25) is 9.59 Å². The summed E-state index contributed by atoms with van der Waals surface area (Å²) in [5.41, 5.74) is 10.4. The van der Waals surface area contributed by atoms with Gasteiger partial charge < -0.3 is 21.7 Å². The van der Waals surface area contributed by atoms with Gasteiger partial charge in [-0.15, -0.1) is 0 Å². The lowest BCUT2D eigenvalue weighted by atomic mass is 10.4. The number of hydrogen-bond donors (Lipinski definition) is 4. The molecule has 6 nitrogen and oxygen atoms in total. The molecule has 0 saturated carbocycles. The van der Waals surface area contributed by atoms with E-state index in [0.29, 0.717) is 0 Å². The average molecular weight is 240 g/mol. The van der Waals surface area contributed by atoms with Crippen LogP contribution >= 0.6 is 21.6 Å². The molecular weight excluding hydrogens is 228 g/mol. The zero-order chi connectivity index (χ0) is 11.1. The van der Waals surface area contributed by atoms with Gasteiger partial charge in [0.05, 0.1) is 0 Å². The molecule has 0 saturated heterocycles. The SMILES string of the molecule is NC(CSSC[C@@H](N)C(=O)O)C(=O)O. The first-order valence-electron chi connectivity index (χ1n) is 3.66. The summed E-state index contributed by atoms with van der Waals surface area (Å²) < 4.78 is 0.